The predicted molar refractivity (Wildman–Crippen MR) is 96.9 cm³/mol. The van der Waals surface area contributed by atoms with Crippen LogP contribution in [0.1, 0.15) is 0 Å². The van der Waals surface area contributed by atoms with E-state index in [4.69, 9.17) is 15.2 Å². The number of nitrogens with one attached hydrogen (secondary N) is 1. The molecule has 0 saturated heterocycles. The van der Waals surface area contributed by atoms with Gasteiger partial charge in [-0.3, -0.25) is 0 Å². The molecule has 0 unspecified atom stereocenters. The SMILES string of the molecule is COc1cccc(Nc2cc(-c3ccc(OC)c(N)c3)ccn2)c1. The van der Waals surface area contributed by atoms with Gasteiger partial charge in [-0.05, 0) is 47.5 Å². The van der Waals surface area contributed by atoms with Crippen LogP contribution in [0.15, 0.2) is 60.8 Å². The maximum atomic E-state index is 5.99. The van der Waals surface area contributed by atoms with Crippen molar-refractivity contribution in [2.75, 3.05) is 25.3 Å². The first-order valence-electron chi connectivity index (χ1n) is 7.50. The van der Waals surface area contributed by atoms with Crippen LogP contribution >= 0.6 is 0 Å². The molecule has 0 aliphatic carbocycles. The molecule has 5 nitrogen and oxygen atoms in total. The largest absolute Gasteiger partial charge is 0.497 e. The van der Waals surface area contributed by atoms with Gasteiger partial charge in [-0.2, -0.15) is 0 Å². The van der Waals surface area contributed by atoms with Gasteiger partial charge in [-0.1, -0.05) is 12.1 Å². The van der Waals surface area contributed by atoms with Gasteiger partial charge < -0.3 is 20.5 Å². The van der Waals surface area contributed by atoms with Crippen molar-refractivity contribution in [2.24, 2.45) is 0 Å². The number of nitrogens with zero attached hydrogens (tertiary/aromatic N) is 1. The molecule has 0 fully saturated rings. The van der Waals surface area contributed by atoms with Crippen molar-refractivity contribution in [3.63, 3.8) is 0 Å². The number of methoxy groups -OCH3 is 2. The van der Waals surface area contributed by atoms with Gasteiger partial charge in [0.25, 0.3) is 0 Å². The van der Waals surface area contributed by atoms with Crippen LogP contribution in [-0.4, -0.2) is 19.2 Å². The highest BCUT2D eigenvalue weighted by Crippen LogP contribution is 2.29. The first kappa shape index (κ1) is 15.7. The minimum absolute atomic E-state index is 0.606. The number of hydrogen-bond acceptors (Lipinski definition) is 5. The molecular formula is C19H19N3O2. The van der Waals surface area contributed by atoms with E-state index in [-0.39, 0.29) is 0 Å². The summed E-state index contributed by atoms with van der Waals surface area (Å²) in [5, 5.41) is 3.28. The average molecular weight is 321 g/mol. The lowest BCUT2D eigenvalue weighted by Crippen LogP contribution is -1.95. The second-order valence-corrected chi connectivity index (χ2v) is 5.24. The fourth-order valence-electron chi connectivity index (χ4n) is 2.44. The van der Waals surface area contributed by atoms with Gasteiger partial charge >= 0.3 is 0 Å². The maximum absolute atomic E-state index is 5.99. The Hall–Kier alpha value is -3.21. The molecule has 3 N–H and O–H groups in total. The van der Waals surface area contributed by atoms with Crippen molar-refractivity contribution in [3.05, 3.63) is 60.8 Å². The van der Waals surface area contributed by atoms with Crippen molar-refractivity contribution in [2.45, 2.75) is 0 Å². The highest BCUT2D eigenvalue weighted by molar-refractivity contribution is 5.73. The number of aromatic nitrogens is 1. The summed E-state index contributed by atoms with van der Waals surface area (Å²) in [6.45, 7) is 0. The summed E-state index contributed by atoms with van der Waals surface area (Å²) < 4.78 is 10.4. The molecule has 0 saturated carbocycles. The minimum atomic E-state index is 0.606. The number of benzene rings is 2. The molecular weight excluding hydrogens is 302 g/mol. The summed E-state index contributed by atoms with van der Waals surface area (Å²) in [5.74, 6) is 2.21. The summed E-state index contributed by atoms with van der Waals surface area (Å²) >= 11 is 0. The van der Waals surface area contributed by atoms with E-state index in [0.717, 1.165) is 28.4 Å². The summed E-state index contributed by atoms with van der Waals surface area (Å²) in [6.07, 6.45) is 1.76. The number of nitrogen functional groups attached to an aromatic ring is 1. The molecule has 0 spiro atoms. The second-order valence-electron chi connectivity index (χ2n) is 5.24. The van der Waals surface area contributed by atoms with Crippen LogP contribution in [0.3, 0.4) is 0 Å². The number of hydrogen-bond donors (Lipinski definition) is 2. The van der Waals surface area contributed by atoms with Gasteiger partial charge in [-0.15, -0.1) is 0 Å². The molecule has 122 valence electrons. The third kappa shape index (κ3) is 3.41. The van der Waals surface area contributed by atoms with Crippen molar-refractivity contribution < 1.29 is 9.47 Å². The number of anilines is 3. The van der Waals surface area contributed by atoms with Gasteiger partial charge in [0.05, 0.1) is 19.9 Å². The zero-order valence-corrected chi connectivity index (χ0v) is 13.6. The fourth-order valence-corrected chi connectivity index (χ4v) is 2.44. The Balaban J connectivity index is 1.87. The lowest BCUT2D eigenvalue weighted by atomic mass is 10.1. The van der Waals surface area contributed by atoms with Gasteiger partial charge in [0.2, 0.25) is 0 Å². The predicted octanol–water partition coefficient (Wildman–Crippen LogP) is 4.09. The van der Waals surface area contributed by atoms with E-state index in [1.54, 1.807) is 20.4 Å². The zero-order chi connectivity index (χ0) is 16.9. The fraction of sp³-hybridized carbons (Fsp3) is 0.105. The summed E-state index contributed by atoms with van der Waals surface area (Å²) in [6, 6.07) is 17.3. The van der Waals surface area contributed by atoms with Crippen LogP contribution < -0.4 is 20.5 Å². The van der Waals surface area contributed by atoms with Crippen LogP contribution in [0.4, 0.5) is 17.2 Å². The first-order valence-corrected chi connectivity index (χ1v) is 7.50. The van der Waals surface area contributed by atoms with E-state index < -0.39 is 0 Å². The molecule has 0 aliphatic rings. The molecule has 1 heterocycles. The summed E-state index contributed by atoms with van der Waals surface area (Å²) in [7, 11) is 3.25. The second kappa shape index (κ2) is 6.91. The van der Waals surface area contributed by atoms with E-state index >= 15 is 0 Å². The Labute approximate surface area is 141 Å². The van der Waals surface area contributed by atoms with Crippen molar-refractivity contribution in [1.82, 2.24) is 4.98 Å². The number of ether oxygens (including phenoxy) is 2. The van der Waals surface area contributed by atoms with Crippen LogP contribution in [0.5, 0.6) is 11.5 Å². The van der Waals surface area contributed by atoms with Crippen LogP contribution in [0.25, 0.3) is 11.1 Å². The van der Waals surface area contributed by atoms with Gasteiger partial charge in [0, 0.05) is 18.0 Å². The van der Waals surface area contributed by atoms with Crippen molar-refractivity contribution in [1.29, 1.82) is 0 Å². The Morgan fingerprint density at radius 1 is 0.917 bits per heavy atom. The van der Waals surface area contributed by atoms with E-state index in [1.165, 1.54) is 0 Å². The first-order chi connectivity index (χ1) is 11.7. The topological polar surface area (TPSA) is 69.4 Å². The standard InChI is InChI=1S/C19H19N3O2/c1-23-16-5-3-4-15(12-16)22-19-11-14(8-9-21-19)13-6-7-18(24-2)17(20)10-13/h3-12H,20H2,1-2H3,(H,21,22). The Morgan fingerprint density at radius 2 is 1.75 bits per heavy atom. The Morgan fingerprint density at radius 3 is 2.50 bits per heavy atom. The molecule has 2 aromatic carbocycles. The molecule has 5 heteroatoms. The molecule has 24 heavy (non-hydrogen) atoms. The van der Waals surface area contributed by atoms with E-state index in [2.05, 4.69) is 10.3 Å². The molecule has 0 aliphatic heterocycles. The highest BCUT2D eigenvalue weighted by Gasteiger charge is 2.05. The normalized spacial score (nSPS) is 10.2. The smallest absolute Gasteiger partial charge is 0.141 e. The van der Waals surface area contributed by atoms with Crippen molar-refractivity contribution >= 4 is 17.2 Å². The molecule has 1 aromatic heterocycles. The molecule has 0 bridgehead atoms. The van der Waals surface area contributed by atoms with Crippen LogP contribution in [0, 0.1) is 0 Å². The Kier molecular flexibility index (Phi) is 4.52. The van der Waals surface area contributed by atoms with Crippen LogP contribution in [-0.2, 0) is 0 Å². The number of nitrogens with two attached hydrogens (primary N) is 1. The molecule has 3 rings (SSSR count). The van der Waals surface area contributed by atoms with Crippen LogP contribution in [0.2, 0.25) is 0 Å². The third-order valence-corrected chi connectivity index (χ3v) is 3.67. The lowest BCUT2D eigenvalue weighted by molar-refractivity contribution is 0.415. The Bertz CT molecular complexity index is 850. The maximum Gasteiger partial charge on any atom is 0.141 e. The zero-order valence-electron chi connectivity index (χ0n) is 13.6. The van der Waals surface area contributed by atoms with E-state index in [9.17, 15) is 0 Å². The van der Waals surface area contributed by atoms with Gasteiger partial charge in [-0.25, -0.2) is 4.98 Å². The molecule has 3 aromatic rings. The molecule has 0 atom stereocenters. The average Bonchev–Trinajstić information content (AvgIpc) is 2.62. The minimum Gasteiger partial charge on any atom is -0.497 e. The quantitative estimate of drug-likeness (QED) is 0.693. The third-order valence-electron chi connectivity index (χ3n) is 3.67. The van der Waals surface area contributed by atoms with Gasteiger partial charge in [0.15, 0.2) is 0 Å². The van der Waals surface area contributed by atoms with Gasteiger partial charge in [0.1, 0.15) is 17.3 Å². The molecule has 0 radical (unpaired) electrons. The monoisotopic (exact) mass is 321 g/mol. The highest BCUT2D eigenvalue weighted by atomic mass is 16.5. The number of pyridine rings is 1. The molecule has 0 amide bonds. The summed E-state index contributed by atoms with van der Waals surface area (Å²) in [4.78, 5) is 4.36. The number of rotatable bonds is 5. The van der Waals surface area contributed by atoms with E-state index in [1.807, 2.05) is 54.6 Å². The van der Waals surface area contributed by atoms with Crippen molar-refractivity contribution in [3.8, 4) is 22.6 Å². The lowest BCUT2D eigenvalue weighted by Gasteiger charge is -2.10. The summed E-state index contributed by atoms with van der Waals surface area (Å²) in [5.41, 5.74) is 9.53. The van der Waals surface area contributed by atoms with E-state index in [0.29, 0.717) is 11.4 Å².